The van der Waals surface area contributed by atoms with Crippen molar-refractivity contribution >= 4 is 68.7 Å². The molecule has 0 spiro atoms. The first-order valence-corrected chi connectivity index (χ1v) is 29.8. The summed E-state index contributed by atoms with van der Waals surface area (Å²) in [5.41, 5.74) is 1.15. The third-order valence-corrected chi connectivity index (χ3v) is 15.6. The number of carbonyl (C=O) groups is 6. The van der Waals surface area contributed by atoms with Crippen molar-refractivity contribution in [3.8, 4) is 34.5 Å². The Bertz CT molecular complexity index is 2980. The molecule has 2 aliphatic carbocycles. The number of fused-ring (bicyclic) bond motifs is 1. The van der Waals surface area contributed by atoms with E-state index in [1.807, 2.05) is 24.3 Å². The summed E-state index contributed by atoms with van der Waals surface area (Å²) in [6, 6.07) is 26.3. The topological polar surface area (TPSA) is 223 Å². The number of para-hydroxylation sites is 1. The number of carbonyl (C=O) groups excluding carboxylic acids is 6. The molecule has 446 valence electrons. The van der Waals surface area contributed by atoms with Crippen molar-refractivity contribution in [2.75, 3.05) is 51.2 Å². The van der Waals surface area contributed by atoms with E-state index in [1.54, 1.807) is 71.7 Å². The maximum absolute atomic E-state index is 13.9. The number of benzene rings is 4. The van der Waals surface area contributed by atoms with Gasteiger partial charge in [0.15, 0.2) is 6.29 Å². The predicted molar refractivity (Wildman–Crippen MR) is 313 cm³/mol. The molecule has 0 amide bonds. The van der Waals surface area contributed by atoms with Crippen LogP contribution in [0.5, 0.6) is 34.5 Å². The smallest absolute Gasteiger partial charge is 0.330 e. The predicted octanol–water partition coefficient (Wildman–Crippen LogP) is 11.5. The van der Waals surface area contributed by atoms with Crippen molar-refractivity contribution in [3.05, 3.63) is 122 Å². The van der Waals surface area contributed by atoms with Gasteiger partial charge >= 0.3 is 35.8 Å². The van der Waals surface area contributed by atoms with E-state index in [9.17, 15) is 28.8 Å². The molecule has 2 heterocycles. The Kier molecular flexibility index (Phi) is 24.2. The molecule has 2 saturated carbocycles. The van der Waals surface area contributed by atoms with Gasteiger partial charge in [0.1, 0.15) is 34.5 Å². The molecule has 3 fully saturated rings. The minimum absolute atomic E-state index is 0.189. The molecule has 3 aliphatic rings. The molecule has 84 heavy (non-hydrogen) atoms. The van der Waals surface area contributed by atoms with E-state index >= 15 is 0 Å². The molecule has 0 N–H and O–H groups in total. The summed E-state index contributed by atoms with van der Waals surface area (Å²) in [4.78, 5) is 81.4. The van der Waals surface area contributed by atoms with Gasteiger partial charge in [0.05, 0.1) is 86.3 Å². The van der Waals surface area contributed by atoms with Crippen LogP contribution in [0.1, 0.15) is 108 Å². The second-order valence-electron chi connectivity index (χ2n) is 20.7. The third-order valence-electron chi connectivity index (χ3n) is 14.6. The summed E-state index contributed by atoms with van der Waals surface area (Å²) in [6.07, 6.45) is 13.6. The lowest BCUT2D eigenvalue weighted by atomic mass is 9.82. The lowest BCUT2D eigenvalue weighted by molar-refractivity contribution is -0.145. The summed E-state index contributed by atoms with van der Waals surface area (Å²) >= 11 is 1.44. The highest BCUT2D eigenvalue weighted by Crippen LogP contribution is 2.36. The van der Waals surface area contributed by atoms with Gasteiger partial charge in [-0.2, -0.15) is 5.10 Å². The minimum atomic E-state index is -0.570. The molecular weight excluding hydrogens is 1100 g/mol. The zero-order chi connectivity index (χ0) is 58.9. The molecule has 8 rings (SSSR count). The van der Waals surface area contributed by atoms with E-state index in [-0.39, 0.29) is 30.0 Å². The van der Waals surface area contributed by atoms with Crippen LogP contribution >= 0.6 is 11.3 Å². The lowest BCUT2D eigenvalue weighted by Crippen LogP contribution is -2.31. The standard InChI is InChI=1S/C64H73N3O16S/c1-3-57(68)76-37-13-7-5-11-35-74-49-25-29-51(30-26-49)80-60(70)44-17-19-46(20-18-44)62(72)82-53-33-34-55(48(41-53)42-65-67(43-59-78-39-40-79-59)64-66-54-15-9-10-16-56(54)84-64)83-63(73)47-23-21-45(22-24-47)61(71)81-52-31-27-50(28-32-52)75-36-12-6-8-14-38-77-58(69)4-2/h3-4,9-10,15-16,25-34,41-42,44-47,59H,1-2,5-8,11-14,17-24,35-40,43H2/b65-42+/t44-,45-,46-,47-. The largest absolute Gasteiger partial charge is 0.494 e. The number of hydrogen-bond acceptors (Lipinski definition) is 20. The number of thiazole rings is 1. The van der Waals surface area contributed by atoms with Gasteiger partial charge in [0.25, 0.3) is 0 Å². The Morgan fingerprint density at radius 1 is 0.536 bits per heavy atom. The van der Waals surface area contributed by atoms with E-state index in [2.05, 4.69) is 13.2 Å². The number of ether oxygens (including phenoxy) is 10. The van der Waals surface area contributed by atoms with Crippen LogP contribution in [-0.4, -0.2) is 99.5 Å². The van der Waals surface area contributed by atoms with Gasteiger partial charge in [0, 0.05) is 17.7 Å². The van der Waals surface area contributed by atoms with Crippen LogP contribution in [0.25, 0.3) is 10.2 Å². The monoisotopic (exact) mass is 1170 g/mol. The zero-order valence-corrected chi connectivity index (χ0v) is 48.1. The molecule has 1 aliphatic heterocycles. The SMILES string of the molecule is C=CC(=O)OCCCCCCOc1ccc(OC(=O)[C@H]2CC[C@H](C(=O)Oc3ccc(OC(=O)[C@H]4CC[C@H](C(=O)Oc5ccc(OCCCCCCOC(=O)C=C)cc5)CC4)c(/C=N/N(CC4OCCO4)c4nc5ccccc5s4)c3)CC2)cc1. The fourth-order valence-corrected chi connectivity index (χ4v) is 10.7. The Morgan fingerprint density at radius 2 is 0.964 bits per heavy atom. The molecule has 20 heteroatoms. The maximum atomic E-state index is 13.9. The molecule has 0 atom stereocenters. The van der Waals surface area contributed by atoms with Crippen molar-refractivity contribution in [2.24, 2.45) is 28.8 Å². The van der Waals surface area contributed by atoms with E-state index < -0.39 is 53.8 Å². The Balaban J connectivity index is 0.832. The summed E-state index contributed by atoms with van der Waals surface area (Å²) in [6.45, 7) is 9.65. The Hall–Kier alpha value is -7.94. The van der Waals surface area contributed by atoms with Crippen LogP contribution in [0.4, 0.5) is 5.13 Å². The molecule has 4 aromatic carbocycles. The summed E-state index contributed by atoms with van der Waals surface area (Å²) < 4.78 is 57.8. The fraction of sp³-hybridized carbons (Fsp3) is 0.438. The number of hydrazone groups is 1. The highest BCUT2D eigenvalue weighted by molar-refractivity contribution is 7.22. The Labute approximate surface area is 493 Å². The van der Waals surface area contributed by atoms with Crippen molar-refractivity contribution in [2.45, 2.75) is 109 Å². The van der Waals surface area contributed by atoms with Crippen LogP contribution in [0.3, 0.4) is 0 Å². The number of esters is 6. The number of rotatable bonds is 31. The van der Waals surface area contributed by atoms with Crippen LogP contribution in [0, 0.1) is 23.7 Å². The molecule has 1 saturated heterocycles. The second kappa shape index (κ2) is 32.8. The van der Waals surface area contributed by atoms with Crippen LogP contribution < -0.4 is 33.4 Å². The fourth-order valence-electron chi connectivity index (χ4n) is 9.80. The number of hydrogen-bond donors (Lipinski definition) is 0. The van der Waals surface area contributed by atoms with Gasteiger partial charge in [-0.15, -0.1) is 0 Å². The number of anilines is 1. The average molecular weight is 1170 g/mol. The van der Waals surface area contributed by atoms with Gasteiger partial charge < -0.3 is 47.4 Å². The second-order valence-corrected chi connectivity index (χ2v) is 21.7. The maximum Gasteiger partial charge on any atom is 0.330 e. The average Bonchev–Trinajstić information content (AvgIpc) is 4.40. The molecule has 0 unspecified atom stereocenters. The highest BCUT2D eigenvalue weighted by atomic mass is 32.1. The van der Waals surface area contributed by atoms with Crippen LogP contribution in [-0.2, 0) is 47.7 Å². The van der Waals surface area contributed by atoms with Crippen molar-refractivity contribution in [1.82, 2.24) is 4.98 Å². The van der Waals surface area contributed by atoms with Crippen molar-refractivity contribution in [1.29, 1.82) is 0 Å². The summed E-state index contributed by atoms with van der Waals surface area (Å²) in [5, 5.41) is 7.09. The Morgan fingerprint density at radius 3 is 1.44 bits per heavy atom. The van der Waals surface area contributed by atoms with Crippen LogP contribution in [0.2, 0.25) is 0 Å². The summed E-state index contributed by atoms with van der Waals surface area (Å²) in [7, 11) is 0. The van der Waals surface area contributed by atoms with Gasteiger partial charge in [-0.05, 0) is 182 Å². The molecule has 19 nitrogen and oxygen atoms in total. The third kappa shape index (κ3) is 19.6. The normalized spacial score (nSPS) is 17.9. The minimum Gasteiger partial charge on any atom is -0.494 e. The molecule has 0 bridgehead atoms. The number of unbranched alkanes of at least 4 members (excludes halogenated alkanes) is 6. The van der Waals surface area contributed by atoms with E-state index in [1.165, 1.54) is 17.6 Å². The van der Waals surface area contributed by atoms with Crippen molar-refractivity contribution in [3.63, 3.8) is 0 Å². The highest BCUT2D eigenvalue weighted by Gasteiger charge is 2.34. The van der Waals surface area contributed by atoms with Gasteiger partial charge in [-0.25, -0.2) is 19.6 Å². The summed E-state index contributed by atoms with van der Waals surface area (Å²) in [5.74, 6) is -1.72. The first-order chi connectivity index (χ1) is 41.0. The van der Waals surface area contributed by atoms with Gasteiger partial charge in [-0.1, -0.05) is 36.6 Å². The molecule has 5 aromatic rings. The lowest BCUT2D eigenvalue weighted by Gasteiger charge is -2.26. The van der Waals surface area contributed by atoms with E-state index in [0.29, 0.717) is 125 Å². The molecule has 1 aromatic heterocycles. The van der Waals surface area contributed by atoms with E-state index in [4.69, 9.17) is 57.5 Å². The number of nitrogens with zero attached hydrogens (tertiary/aromatic N) is 3. The van der Waals surface area contributed by atoms with Crippen molar-refractivity contribution < 1.29 is 76.1 Å². The number of aromatic nitrogens is 1. The van der Waals surface area contributed by atoms with Crippen LogP contribution in [0.15, 0.2) is 121 Å². The first-order valence-electron chi connectivity index (χ1n) is 29.0. The van der Waals surface area contributed by atoms with Gasteiger partial charge in [0.2, 0.25) is 5.13 Å². The molecule has 0 radical (unpaired) electrons. The molecular formula is C64H73N3O16S. The first kappa shape index (κ1) is 62.1. The zero-order valence-electron chi connectivity index (χ0n) is 47.2. The van der Waals surface area contributed by atoms with E-state index in [0.717, 1.165) is 73.7 Å². The quantitative estimate of drug-likeness (QED) is 0.0100. The van der Waals surface area contributed by atoms with Gasteiger partial charge in [-0.3, -0.25) is 19.2 Å².